The molecule has 34 heavy (non-hydrogen) atoms. The molecule has 1 atom stereocenters. The maximum atomic E-state index is 14.0. The lowest BCUT2D eigenvalue weighted by molar-refractivity contribution is -0.142. The van der Waals surface area contributed by atoms with Crippen LogP contribution in [0.1, 0.15) is 54.1 Å². The van der Waals surface area contributed by atoms with E-state index >= 15 is 0 Å². The second-order valence-electron chi connectivity index (χ2n) is 9.51. The molecule has 2 aromatic carbocycles. The van der Waals surface area contributed by atoms with Crippen LogP contribution >= 0.6 is 0 Å². The van der Waals surface area contributed by atoms with E-state index in [2.05, 4.69) is 23.1 Å². The number of nitrogens with zero attached hydrogens (tertiary/aromatic N) is 2. The van der Waals surface area contributed by atoms with Crippen molar-refractivity contribution >= 4 is 5.91 Å². The number of likely N-dealkylation sites (tertiary alicyclic amines) is 1. The first-order chi connectivity index (χ1) is 16.6. The van der Waals surface area contributed by atoms with Crippen LogP contribution in [0.2, 0.25) is 0 Å². The number of piperidine rings is 1. The molecule has 0 radical (unpaired) electrons. The van der Waals surface area contributed by atoms with E-state index < -0.39 is 5.41 Å². The van der Waals surface area contributed by atoms with Gasteiger partial charge in [-0.05, 0) is 61.1 Å². The van der Waals surface area contributed by atoms with Crippen LogP contribution in [-0.4, -0.2) is 42.1 Å². The number of halogens is 1. The van der Waals surface area contributed by atoms with E-state index in [1.807, 2.05) is 42.5 Å². The highest BCUT2D eigenvalue weighted by molar-refractivity contribution is 5.88. The van der Waals surface area contributed by atoms with Gasteiger partial charge in [-0.3, -0.25) is 9.78 Å². The molecular weight excluding hydrogens is 427 g/mol. The summed E-state index contributed by atoms with van der Waals surface area (Å²) < 4.78 is 18.9. The van der Waals surface area contributed by atoms with Crippen LogP contribution in [0, 0.1) is 5.82 Å². The molecule has 0 unspecified atom stereocenters. The molecule has 176 valence electrons. The standard InChI is InChI=1S/C29H31FN2O2/c30-25-13-11-22(12-14-25)20-26-9-4-10-27(31-26)23-6-5-17-32(21-23)28(33)29(15-18-34-19-16-29)24-7-2-1-3-8-24/h1-4,7-14,23H,5-6,15-21H2/t23-/m1/s1. The zero-order valence-corrected chi connectivity index (χ0v) is 19.5. The van der Waals surface area contributed by atoms with Gasteiger partial charge in [-0.2, -0.15) is 0 Å². The molecule has 2 aliphatic heterocycles. The molecule has 2 saturated heterocycles. The molecule has 1 aromatic heterocycles. The van der Waals surface area contributed by atoms with Gasteiger partial charge in [0.1, 0.15) is 5.82 Å². The molecule has 1 amide bonds. The number of rotatable bonds is 5. The van der Waals surface area contributed by atoms with Gasteiger partial charge in [0.2, 0.25) is 5.91 Å². The Kier molecular flexibility index (Phi) is 6.73. The van der Waals surface area contributed by atoms with Crippen molar-refractivity contribution in [1.29, 1.82) is 0 Å². The zero-order valence-electron chi connectivity index (χ0n) is 19.5. The van der Waals surface area contributed by atoms with Gasteiger partial charge in [-0.15, -0.1) is 0 Å². The molecule has 2 aliphatic rings. The molecule has 0 spiro atoms. The largest absolute Gasteiger partial charge is 0.381 e. The topological polar surface area (TPSA) is 42.4 Å². The number of carbonyl (C=O) groups is 1. The van der Waals surface area contributed by atoms with Gasteiger partial charge in [-0.25, -0.2) is 4.39 Å². The van der Waals surface area contributed by atoms with Gasteiger partial charge in [-0.1, -0.05) is 48.5 Å². The summed E-state index contributed by atoms with van der Waals surface area (Å²) in [5.74, 6) is 0.225. The second kappa shape index (κ2) is 10.1. The fourth-order valence-electron chi connectivity index (χ4n) is 5.44. The quantitative estimate of drug-likeness (QED) is 0.523. The van der Waals surface area contributed by atoms with E-state index in [1.54, 1.807) is 0 Å². The summed E-state index contributed by atoms with van der Waals surface area (Å²) in [5, 5.41) is 0. The van der Waals surface area contributed by atoms with Crippen LogP contribution in [-0.2, 0) is 21.4 Å². The summed E-state index contributed by atoms with van der Waals surface area (Å²) in [6.07, 6.45) is 4.12. The highest BCUT2D eigenvalue weighted by Gasteiger charge is 2.45. The molecule has 0 N–H and O–H groups in total. The fraction of sp³-hybridized carbons (Fsp3) is 0.379. The highest BCUT2D eigenvalue weighted by atomic mass is 19.1. The first-order valence-electron chi connectivity index (χ1n) is 12.3. The Hall–Kier alpha value is -3.05. The van der Waals surface area contributed by atoms with Crippen LogP contribution in [0.3, 0.4) is 0 Å². The maximum absolute atomic E-state index is 14.0. The second-order valence-corrected chi connectivity index (χ2v) is 9.51. The number of pyridine rings is 1. The minimum atomic E-state index is -0.501. The first kappa shape index (κ1) is 22.7. The number of ether oxygens (including phenoxy) is 1. The molecular formula is C29H31FN2O2. The number of benzene rings is 2. The van der Waals surface area contributed by atoms with E-state index in [9.17, 15) is 9.18 Å². The summed E-state index contributed by atoms with van der Waals surface area (Å²) in [6.45, 7) is 2.72. The van der Waals surface area contributed by atoms with E-state index in [0.717, 1.165) is 54.7 Å². The molecule has 5 rings (SSSR count). The van der Waals surface area contributed by atoms with Gasteiger partial charge in [0.15, 0.2) is 0 Å². The number of aromatic nitrogens is 1. The Morgan fingerprint density at radius 1 is 1.00 bits per heavy atom. The average molecular weight is 459 g/mol. The van der Waals surface area contributed by atoms with Crippen molar-refractivity contribution in [1.82, 2.24) is 9.88 Å². The van der Waals surface area contributed by atoms with Gasteiger partial charge in [0.05, 0.1) is 5.41 Å². The smallest absolute Gasteiger partial charge is 0.233 e. The van der Waals surface area contributed by atoms with Crippen molar-refractivity contribution in [2.24, 2.45) is 0 Å². The Morgan fingerprint density at radius 2 is 1.76 bits per heavy atom. The molecule has 2 fully saturated rings. The van der Waals surface area contributed by atoms with Gasteiger partial charge in [0.25, 0.3) is 0 Å². The van der Waals surface area contributed by atoms with Gasteiger partial charge >= 0.3 is 0 Å². The minimum absolute atomic E-state index is 0.221. The number of carbonyl (C=O) groups excluding carboxylic acids is 1. The predicted octanol–water partition coefficient (Wildman–Crippen LogP) is 5.27. The third-order valence-electron chi connectivity index (χ3n) is 7.34. The maximum Gasteiger partial charge on any atom is 0.233 e. The lowest BCUT2D eigenvalue weighted by atomic mass is 9.72. The van der Waals surface area contributed by atoms with Gasteiger partial charge in [0, 0.05) is 50.0 Å². The lowest BCUT2D eigenvalue weighted by Crippen LogP contribution is -2.52. The van der Waals surface area contributed by atoms with E-state index in [4.69, 9.17) is 9.72 Å². The SMILES string of the molecule is O=C(N1CCC[C@@H](c2cccc(Cc3ccc(F)cc3)n2)C1)C1(c2ccccc2)CCOCC1. The third-order valence-corrected chi connectivity index (χ3v) is 7.34. The van der Waals surface area contributed by atoms with Crippen molar-refractivity contribution in [3.8, 4) is 0 Å². The molecule has 0 aliphatic carbocycles. The number of hydrogen-bond acceptors (Lipinski definition) is 3. The van der Waals surface area contributed by atoms with Crippen LogP contribution < -0.4 is 0 Å². The van der Waals surface area contributed by atoms with Crippen molar-refractivity contribution in [2.45, 2.75) is 43.4 Å². The molecule has 5 heteroatoms. The Bertz CT molecular complexity index is 1110. The minimum Gasteiger partial charge on any atom is -0.381 e. The monoisotopic (exact) mass is 458 g/mol. The van der Waals surface area contributed by atoms with Crippen LogP contribution in [0.4, 0.5) is 4.39 Å². The number of hydrogen-bond donors (Lipinski definition) is 0. The Morgan fingerprint density at radius 3 is 2.53 bits per heavy atom. The highest BCUT2D eigenvalue weighted by Crippen LogP contribution is 2.38. The van der Waals surface area contributed by atoms with Crippen LogP contribution in [0.15, 0.2) is 72.8 Å². The van der Waals surface area contributed by atoms with Gasteiger partial charge < -0.3 is 9.64 Å². The summed E-state index contributed by atoms with van der Waals surface area (Å²) in [6, 6.07) is 23.0. The molecule has 3 heterocycles. The average Bonchev–Trinajstić information content (AvgIpc) is 2.91. The van der Waals surface area contributed by atoms with Crippen molar-refractivity contribution < 1.29 is 13.9 Å². The third kappa shape index (κ3) is 4.76. The van der Waals surface area contributed by atoms with Crippen molar-refractivity contribution in [3.05, 3.63) is 101 Å². The molecule has 4 nitrogen and oxygen atoms in total. The normalized spacial score (nSPS) is 20.1. The Labute approximate surface area is 200 Å². The van der Waals surface area contributed by atoms with Crippen LogP contribution in [0.25, 0.3) is 0 Å². The van der Waals surface area contributed by atoms with Crippen LogP contribution in [0.5, 0.6) is 0 Å². The predicted molar refractivity (Wildman–Crippen MR) is 130 cm³/mol. The summed E-state index contributed by atoms with van der Waals surface area (Å²) in [5.41, 5.74) is 3.65. The molecule has 3 aromatic rings. The Balaban J connectivity index is 1.34. The van der Waals surface area contributed by atoms with E-state index in [0.29, 0.717) is 26.2 Å². The van der Waals surface area contributed by atoms with E-state index in [-0.39, 0.29) is 17.6 Å². The fourth-order valence-corrected chi connectivity index (χ4v) is 5.44. The molecule has 0 bridgehead atoms. The summed E-state index contributed by atoms with van der Waals surface area (Å²) in [7, 11) is 0. The first-order valence-corrected chi connectivity index (χ1v) is 12.3. The summed E-state index contributed by atoms with van der Waals surface area (Å²) >= 11 is 0. The molecule has 0 saturated carbocycles. The van der Waals surface area contributed by atoms with E-state index in [1.165, 1.54) is 12.1 Å². The lowest BCUT2D eigenvalue weighted by Gasteiger charge is -2.42. The van der Waals surface area contributed by atoms with Crippen molar-refractivity contribution in [2.75, 3.05) is 26.3 Å². The summed E-state index contributed by atoms with van der Waals surface area (Å²) in [4.78, 5) is 21.0. The van der Waals surface area contributed by atoms with Crippen molar-refractivity contribution in [3.63, 3.8) is 0 Å². The zero-order chi connectivity index (χ0) is 23.4. The number of amides is 1.